The molecule has 1 aromatic carbocycles. The van der Waals surface area contributed by atoms with Crippen LogP contribution in [0.3, 0.4) is 0 Å². The Labute approximate surface area is 191 Å². The van der Waals surface area contributed by atoms with Crippen molar-refractivity contribution < 1.29 is 9.13 Å². The van der Waals surface area contributed by atoms with Crippen LogP contribution in [0.4, 0.5) is 16.0 Å². The van der Waals surface area contributed by atoms with Crippen LogP contribution in [0.15, 0.2) is 49.1 Å². The van der Waals surface area contributed by atoms with E-state index >= 15 is 0 Å². The first-order valence-corrected chi connectivity index (χ1v) is 10.7. The molecular formula is C24H24FN7O. The van der Waals surface area contributed by atoms with Gasteiger partial charge in [0, 0.05) is 30.7 Å². The number of ether oxygens (including phenoxy) is 1. The molecule has 0 amide bonds. The van der Waals surface area contributed by atoms with E-state index in [9.17, 15) is 4.39 Å². The number of fused-ring (bicyclic) bond motifs is 1. The van der Waals surface area contributed by atoms with Crippen molar-refractivity contribution in [3.63, 3.8) is 0 Å². The van der Waals surface area contributed by atoms with Crippen molar-refractivity contribution in [3.05, 3.63) is 72.0 Å². The van der Waals surface area contributed by atoms with E-state index in [1.807, 2.05) is 40.6 Å². The number of hydrogen-bond acceptors (Lipinski definition) is 6. The van der Waals surface area contributed by atoms with Crippen LogP contribution in [-0.2, 0) is 6.54 Å². The molecule has 1 aliphatic rings. The topological polar surface area (TPSA) is 73.9 Å². The van der Waals surface area contributed by atoms with Crippen LogP contribution in [0.5, 0.6) is 5.75 Å². The van der Waals surface area contributed by atoms with E-state index in [1.165, 1.54) is 12.1 Å². The van der Waals surface area contributed by atoms with Crippen molar-refractivity contribution in [3.8, 4) is 11.6 Å². The lowest BCUT2D eigenvalue weighted by Gasteiger charge is -2.34. The van der Waals surface area contributed by atoms with E-state index < -0.39 is 0 Å². The minimum atomic E-state index is -0.258. The SMILES string of the molecule is COc1cc(C=Cc2nc3n(n2)CC[C@@H](C)N3c2ccc(F)cc2)cnc1-n1cnc(C)c1. The fourth-order valence-electron chi connectivity index (χ4n) is 3.95. The molecule has 0 saturated heterocycles. The highest BCUT2D eigenvalue weighted by Gasteiger charge is 2.27. The summed E-state index contributed by atoms with van der Waals surface area (Å²) in [5.74, 6) is 2.41. The maximum atomic E-state index is 13.4. The zero-order chi connectivity index (χ0) is 22.9. The Morgan fingerprint density at radius 1 is 1.15 bits per heavy atom. The number of aryl methyl sites for hydroxylation is 2. The number of aromatic nitrogens is 6. The summed E-state index contributed by atoms with van der Waals surface area (Å²) in [6.07, 6.45) is 10.1. The van der Waals surface area contributed by atoms with Crippen LogP contribution in [0.25, 0.3) is 18.0 Å². The first-order chi connectivity index (χ1) is 16.0. The molecule has 0 saturated carbocycles. The largest absolute Gasteiger partial charge is 0.493 e. The molecule has 4 heterocycles. The van der Waals surface area contributed by atoms with E-state index in [4.69, 9.17) is 9.72 Å². The summed E-state index contributed by atoms with van der Waals surface area (Å²) in [7, 11) is 1.62. The molecule has 1 atom stereocenters. The highest BCUT2D eigenvalue weighted by Crippen LogP contribution is 2.32. The van der Waals surface area contributed by atoms with Gasteiger partial charge >= 0.3 is 0 Å². The molecule has 0 radical (unpaired) electrons. The van der Waals surface area contributed by atoms with E-state index in [0.29, 0.717) is 17.4 Å². The van der Waals surface area contributed by atoms with Crippen LogP contribution < -0.4 is 9.64 Å². The Morgan fingerprint density at radius 2 is 1.97 bits per heavy atom. The van der Waals surface area contributed by atoms with E-state index in [-0.39, 0.29) is 11.9 Å². The second-order valence-electron chi connectivity index (χ2n) is 8.03. The molecule has 8 nitrogen and oxygen atoms in total. The first-order valence-electron chi connectivity index (χ1n) is 10.7. The molecule has 9 heteroatoms. The zero-order valence-electron chi connectivity index (χ0n) is 18.7. The van der Waals surface area contributed by atoms with Crippen LogP contribution in [0, 0.1) is 12.7 Å². The average Bonchev–Trinajstić information content (AvgIpc) is 3.44. The van der Waals surface area contributed by atoms with E-state index in [2.05, 4.69) is 26.9 Å². The molecule has 4 aromatic rings. The van der Waals surface area contributed by atoms with Crippen molar-refractivity contribution in [1.29, 1.82) is 0 Å². The third kappa shape index (κ3) is 4.09. The van der Waals surface area contributed by atoms with E-state index in [0.717, 1.165) is 35.9 Å². The second-order valence-corrected chi connectivity index (χ2v) is 8.03. The summed E-state index contributed by atoms with van der Waals surface area (Å²) in [4.78, 5) is 15.6. The predicted molar refractivity (Wildman–Crippen MR) is 124 cm³/mol. The van der Waals surface area contributed by atoms with Gasteiger partial charge in [-0.3, -0.25) is 4.57 Å². The maximum absolute atomic E-state index is 13.4. The average molecular weight is 446 g/mol. The quantitative estimate of drug-likeness (QED) is 0.453. The minimum absolute atomic E-state index is 0.233. The highest BCUT2D eigenvalue weighted by atomic mass is 19.1. The number of anilines is 2. The van der Waals surface area contributed by atoms with Crippen LogP contribution in [-0.4, -0.2) is 42.5 Å². The van der Waals surface area contributed by atoms with Gasteiger partial charge in [-0.15, -0.1) is 5.10 Å². The number of benzene rings is 1. The molecule has 33 heavy (non-hydrogen) atoms. The number of methoxy groups -OCH3 is 1. The van der Waals surface area contributed by atoms with Gasteiger partial charge in [-0.1, -0.05) is 0 Å². The Balaban J connectivity index is 1.42. The van der Waals surface area contributed by atoms with Crippen LogP contribution >= 0.6 is 0 Å². The van der Waals surface area contributed by atoms with Gasteiger partial charge in [0.1, 0.15) is 12.1 Å². The van der Waals surface area contributed by atoms with Crippen LogP contribution in [0.1, 0.15) is 30.4 Å². The molecule has 0 unspecified atom stereocenters. The molecule has 0 bridgehead atoms. The number of rotatable bonds is 5. The fraction of sp³-hybridized carbons (Fsp3) is 0.250. The Bertz CT molecular complexity index is 1310. The first kappa shape index (κ1) is 20.9. The minimum Gasteiger partial charge on any atom is -0.493 e. The third-order valence-electron chi connectivity index (χ3n) is 5.64. The molecular weight excluding hydrogens is 421 g/mol. The third-order valence-corrected chi connectivity index (χ3v) is 5.64. The van der Waals surface area contributed by atoms with Gasteiger partial charge in [0.2, 0.25) is 5.95 Å². The molecule has 5 rings (SSSR count). The normalized spacial score (nSPS) is 15.8. The summed E-state index contributed by atoms with van der Waals surface area (Å²) in [5.41, 5.74) is 2.66. The van der Waals surface area contributed by atoms with Crippen molar-refractivity contribution >= 4 is 23.8 Å². The zero-order valence-corrected chi connectivity index (χ0v) is 18.7. The standard InChI is InChI=1S/C24H24FN7O/c1-16-14-30(15-27-16)23-21(33-3)12-18(13-26-23)4-9-22-28-24-31(29-22)11-10-17(2)32(24)20-7-5-19(25)6-8-20/h4-9,12-15,17H,10-11H2,1-3H3/t17-/m1/s1. The molecule has 168 valence electrons. The number of imidazole rings is 1. The highest BCUT2D eigenvalue weighted by molar-refractivity contribution is 5.69. The molecule has 0 N–H and O–H groups in total. The smallest absolute Gasteiger partial charge is 0.229 e. The summed E-state index contributed by atoms with van der Waals surface area (Å²) >= 11 is 0. The monoisotopic (exact) mass is 445 g/mol. The Hall–Kier alpha value is -4.01. The van der Waals surface area contributed by atoms with Gasteiger partial charge in [-0.25, -0.2) is 19.0 Å². The van der Waals surface area contributed by atoms with E-state index in [1.54, 1.807) is 31.8 Å². The Kier molecular flexibility index (Phi) is 5.37. The summed E-state index contributed by atoms with van der Waals surface area (Å²) < 4.78 is 22.7. The van der Waals surface area contributed by atoms with Gasteiger partial charge in [-0.05, 0) is 68.3 Å². The lowest BCUT2D eigenvalue weighted by atomic mass is 10.1. The fourth-order valence-corrected chi connectivity index (χ4v) is 3.95. The summed E-state index contributed by atoms with van der Waals surface area (Å²) in [6.45, 7) is 4.84. The van der Waals surface area contributed by atoms with Gasteiger partial charge in [-0.2, -0.15) is 4.98 Å². The number of halogens is 1. The van der Waals surface area contributed by atoms with Gasteiger partial charge in [0.15, 0.2) is 17.4 Å². The molecule has 0 aliphatic carbocycles. The molecule has 0 fully saturated rings. The number of pyridine rings is 1. The number of hydrogen-bond donors (Lipinski definition) is 0. The van der Waals surface area contributed by atoms with Crippen molar-refractivity contribution in [2.45, 2.75) is 32.9 Å². The molecule has 3 aromatic heterocycles. The predicted octanol–water partition coefficient (Wildman–Crippen LogP) is 4.42. The Morgan fingerprint density at radius 3 is 2.70 bits per heavy atom. The molecule has 1 aliphatic heterocycles. The van der Waals surface area contributed by atoms with Gasteiger partial charge in [0.25, 0.3) is 0 Å². The lowest BCUT2D eigenvalue weighted by Crippen LogP contribution is -2.36. The summed E-state index contributed by atoms with van der Waals surface area (Å²) in [6, 6.07) is 8.62. The maximum Gasteiger partial charge on any atom is 0.229 e. The van der Waals surface area contributed by atoms with Crippen molar-refractivity contribution in [1.82, 2.24) is 29.3 Å². The summed E-state index contributed by atoms with van der Waals surface area (Å²) in [5, 5.41) is 4.64. The van der Waals surface area contributed by atoms with Crippen LogP contribution in [0.2, 0.25) is 0 Å². The number of nitrogens with zero attached hydrogens (tertiary/aromatic N) is 7. The van der Waals surface area contributed by atoms with Gasteiger partial charge < -0.3 is 9.64 Å². The second kappa shape index (κ2) is 8.50. The lowest BCUT2D eigenvalue weighted by molar-refractivity contribution is 0.410. The van der Waals surface area contributed by atoms with Crippen molar-refractivity contribution in [2.24, 2.45) is 0 Å². The molecule has 0 spiro atoms. The van der Waals surface area contributed by atoms with Gasteiger partial charge in [0.05, 0.1) is 12.8 Å². The van der Waals surface area contributed by atoms with Crippen molar-refractivity contribution in [2.75, 3.05) is 12.0 Å².